The highest BCUT2D eigenvalue weighted by molar-refractivity contribution is 5.78. The van der Waals surface area contributed by atoms with E-state index in [1.165, 1.54) is 25.9 Å². The van der Waals surface area contributed by atoms with Crippen molar-refractivity contribution < 1.29 is 4.79 Å². The van der Waals surface area contributed by atoms with E-state index in [-0.39, 0.29) is 5.91 Å². The SMILES string of the molecule is CC1CCN(CCCNC(=O)Cc2ccc(N)cn2)CC1. The Hall–Kier alpha value is -1.62. The number of hydrogen-bond donors (Lipinski definition) is 2. The Bertz CT molecular complexity index is 438. The molecular formula is C16H26N4O. The van der Waals surface area contributed by atoms with Gasteiger partial charge in [-0.05, 0) is 56.9 Å². The molecule has 21 heavy (non-hydrogen) atoms. The van der Waals surface area contributed by atoms with Crippen LogP contribution in [0.1, 0.15) is 31.9 Å². The van der Waals surface area contributed by atoms with Crippen LogP contribution in [0.15, 0.2) is 18.3 Å². The third-order valence-corrected chi connectivity index (χ3v) is 4.04. The number of nitrogens with one attached hydrogen (secondary N) is 1. The molecule has 5 nitrogen and oxygen atoms in total. The Morgan fingerprint density at radius 2 is 2.19 bits per heavy atom. The van der Waals surface area contributed by atoms with Crippen molar-refractivity contribution in [3.8, 4) is 0 Å². The zero-order chi connectivity index (χ0) is 15.1. The van der Waals surface area contributed by atoms with Gasteiger partial charge in [0.15, 0.2) is 0 Å². The summed E-state index contributed by atoms with van der Waals surface area (Å²) >= 11 is 0. The van der Waals surface area contributed by atoms with Crippen LogP contribution < -0.4 is 11.1 Å². The van der Waals surface area contributed by atoms with E-state index in [9.17, 15) is 4.79 Å². The van der Waals surface area contributed by atoms with E-state index in [0.29, 0.717) is 12.1 Å². The summed E-state index contributed by atoms with van der Waals surface area (Å²) in [6, 6.07) is 3.57. The summed E-state index contributed by atoms with van der Waals surface area (Å²) in [5.74, 6) is 0.896. The largest absolute Gasteiger partial charge is 0.397 e. The Balaban J connectivity index is 1.58. The second kappa shape index (κ2) is 7.98. The highest BCUT2D eigenvalue weighted by Gasteiger charge is 2.14. The van der Waals surface area contributed by atoms with E-state index in [1.807, 2.05) is 0 Å². The van der Waals surface area contributed by atoms with E-state index in [0.717, 1.165) is 31.1 Å². The molecule has 0 bridgehead atoms. The molecular weight excluding hydrogens is 264 g/mol. The lowest BCUT2D eigenvalue weighted by Gasteiger charge is -2.30. The number of anilines is 1. The number of aromatic nitrogens is 1. The number of pyridine rings is 1. The van der Waals surface area contributed by atoms with E-state index < -0.39 is 0 Å². The fourth-order valence-electron chi connectivity index (χ4n) is 2.58. The normalized spacial score (nSPS) is 16.8. The van der Waals surface area contributed by atoms with Crippen LogP contribution in [0, 0.1) is 5.92 Å². The molecule has 1 fully saturated rings. The lowest BCUT2D eigenvalue weighted by atomic mass is 9.99. The van der Waals surface area contributed by atoms with Crippen molar-refractivity contribution in [2.24, 2.45) is 5.92 Å². The van der Waals surface area contributed by atoms with Gasteiger partial charge in [0, 0.05) is 12.2 Å². The molecule has 1 aliphatic rings. The minimum atomic E-state index is 0.0273. The molecule has 1 aliphatic heterocycles. The van der Waals surface area contributed by atoms with Crippen LogP contribution in [0.4, 0.5) is 5.69 Å². The van der Waals surface area contributed by atoms with E-state index in [2.05, 4.69) is 22.1 Å². The average Bonchev–Trinajstić information content (AvgIpc) is 2.48. The van der Waals surface area contributed by atoms with Gasteiger partial charge in [-0.25, -0.2) is 0 Å². The van der Waals surface area contributed by atoms with Crippen molar-refractivity contribution in [2.45, 2.75) is 32.6 Å². The molecule has 0 radical (unpaired) electrons. The summed E-state index contributed by atoms with van der Waals surface area (Å²) in [6.45, 7) is 6.53. The monoisotopic (exact) mass is 290 g/mol. The van der Waals surface area contributed by atoms with Crippen molar-refractivity contribution in [2.75, 3.05) is 31.9 Å². The van der Waals surface area contributed by atoms with Crippen molar-refractivity contribution in [3.63, 3.8) is 0 Å². The quantitative estimate of drug-likeness (QED) is 0.778. The number of amides is 1. The lowest BCUT2D eigenvalue weighted by Crippen LogP contribution is -2.35. The first-order chi connectivity index (χ1) is 10.1. The summed E-state index contributed by atoms with van der Waals surface area (Å²) in [4.78, 5) is 18.4. The van der Waals surface area contributed by atoms with Gasteiger partial charge in [-0.15, -0.1) is 0 Å². The standard InChI is InChI=1S/C16H26N4O/c1-13-5-9-20(10-6-13)8-2-7-18-16(21)11-15-4-3-14(17)12-19-15/h3-4,12-13H,2,5-11,17H2,1H3,(H,18,21). The molecule has 0 spiro atoms. The number of nitrogens with two attached hydrogens (primary N) is 1. The van der Waals surface area contributed by atoms with Gasteiger partial charge in [0.2, 0.25) is 5.91 Å². The molecule has 1 aromatic rings. The molecule has 1 amide bonds. The van der Waals surface area contributed by atoms with Crippen molar-refractivity contribution in [1.82, 2.24) is 15.2 Å². The Kier molecular flexibility index (Phi) is 5.99. The van der Waals surface area contributed by atoms with Crippen LogP contribution in [-0.4, -0.2) is 42.0 Å². The molecule has 0 aromatic carbocycles. The van der Waals surface area contributed by atoms with Crippen LogP contribution in [0.2, 0.25) is 0 Å². The summed E-state index contributed by atoms with van der Waals surface area (Å²) < 4.78 is 0. The van der Waals surface area contributed by atoms with Gasteiger partial charge in [0.05, 0.1) is 18.3 Å². The zero-order valence-corrected chi connectivity index (χ0v) is 12.8. The first-order valence-corrected chi connectivity index (χ1v) is 7.83. The van der Waals surface area contributed by atoms with Gasteiger partial charge in [-0.2, -0.15) is 0 Å². The first kappa shape index (κ1) is 15.8. The molecule has 0 atom stereocenters. The number of carbonyl (C=O) groups is 1. The Morgan fingerprint density at radius 3 is 2.86 bits per heavy atom. The number of nitrogens with zero attached hydrogens (tertiary/aromatic N) is 2. The topological polar surface area (TPSA) is 71.2 Å². The van der Waals surface area contributed by atoms with Gasteiger partial charge in [-0.3, -0.25) is 9.78 Å². The van der Waals surface area contributed by atoms with Gasteiger partial charge < -0.3 is 16.0 Å². The molecule has 0 unspecified atom stereocenters. The minimum absolute atomic E-state index is 0.0273. The van der Waals surface area contributed by atoms with E-state index in [4.69, 9.17) is 5.73 Å². The summed E-state index contributed by atoms with van der Waals surface area (Å²) in [5, 5.41) is 2.96. The van der Waals surface area contributed by atoms with E-state index >= 15 is 0 Å². The molecule has 2 heterocycles. The van der Waals surface area contributed by atoms with Crippen LogP contribution >= 0.6 is 0 Å². The number of rotatable bonds is 6. The molecule has 2 rings (SSSR count). The van der Waals surface area contributed by atoms with Gasteiger partial charge in [0.25, 0.3) is 0 Å². The molecule has 5 heteroatoms. The van der Waals surface area contributed by atoms with Crippen molar-refractivity contribution >= 4 is 11.6 Å². The fraction of sp³-hybridized carbons (Fsp3) is 0.625. The third-order valence-electron chi connectivity index (χ3n) is 4.04. The smallest absolute Gasteiger partial charge is 0.226 e. The second-order valence-electron chi connectivity index (χ2n) is 5.99. The van der Waals surface area contributed by atoms with E-state index in [1.54, 1.807) is 18.3 Å². The summed E-state index contributed by atoms with van der Waals surface area (Å²) in [5.41, 5.74) is 6.94. The van der Waals surface area contributed by atoms with Crippen LogP contribution in [0.5, 0.6) is 0 Å². The summed E-state index contributed by atoms with van der Waals surface area (Å²) in [7, 11) is 0. The molecule has 3 N–H and O–H groups in total. The van der Waals surface area contributed by atoms with Gasteiger partial charge in [0.1, 0.15) is 0 Å². The van der Waals surface area contributed by atoms with Crippen molar-refractivity contribution in [1.29, 1.82) is 0 Å². The predicted octanol–water partition coefficient (Wildman–Crippen LogP) is 1.44. The molecule has 1 saturated heterocycles. The maximum atomic E-state index is 11.8. The van der Waals surface area contributed by atoms with Crippen LogP contribution in [0.25, 0.3) is 0 Å². The molecule has 0 saturated carbocycles. The number of nitrogen functional groups attached to an aromatic ring is 1. The molecule has 0 aliphatic carbocycles. The fourth-order valence-corrected chi connectivity index (χ4v) is 2.58. The maximum Gasteiger partial charge on any atom is 0.226 e. The zero-order valence-electron chi connectivity index (χ0n) is 12.8. The number of likely N-dealkylation sites (tertiary alicyclic amines) is 1. The Labute approximate surface area is 126 Å². The van der Waals surface area contributed by atoms with Crippen LogP contribution in [-0.2, 0) is 11.2 Å². The lowest BCUT2D eigenvalue weighted by molar-refractivity contribution is -0.120. The highest BCUT2D eigenvalue weighted by atomic mass is 16.1. The minimum Gasteiger partial charge on any atom is -0.397 e. The summed E-state index contributed by atoms with van der Waals surface area (Å²) in [6.07, 6.45) is 5.51. The maximum absolute atomic E-state index is 11.8. The first-order valence-electron chi connectivity index (χ1n) is 7.83. The van der Waals surface area contributed by atoms with Crippen LogP contribution in [0.3, 0.4) is 0 Å². The number of carbonyl (C=O) groups excluding carboxylic acids is 1. The Morgan fingerprint density at radius 1 is 1.43 bits per heavy atom. The van der Waals surface area contributed by atoms with Gasteiger partial charge >= 0.3 is 0 Å². The average molecular weight is 290 g/mol. The number of piperidine rings is 1. The van der Waals surface area contributed by atoms with Crippen molar-refractivity contribution in [3.05, 3.63) is 24.0 Å². The van der Waals surface area contributed by atoms with Gasteiger partial charge in [-0.1, -0.05) is 6.92 Å². The second-order valence-corrected chi connectivity index (χ2v) is 5.99. The highest BCUT2D eigenvalue weighted by Crippen LogP contribution is 2.15. The predicted molar refractivity (Wildman–Crippen MR) is 84.8 cm³/mol. The molecule has 1 aromatic heterocycles. The molecule has 116 valence electrons. The third kappa shape index (κ3) is 5.71. The number of hydrogen-bond acceptors (Lipinski definition) is 4.